The molecule has 2 amide bonds. The molecule has 0 aliphatic rings. The largest absolute Gasteiger partial charge is 0.483 e. The van der Waals surface area contributed by atoms with Crippen LogP contribution in [0.1, 0.15) is 37.0 Å². The molecule has 1 atom stereocenters. The van der Waals surface area contributed by atoms with Crippen LogP contribution in [0.2, 0.25) is 5.02 Å². The van der Waals surface area contributed by atoms with Crippen LogP contribution >= 0.6 is 27.5 Å². The summed E-state index contributed by atoms with van der Waals surface area (Å²) in [5.41, 5.74) is 3.02. The van der Waals surface area contributed by atoms with Crippen molar-refractivity contribution in [2.75, 3.05) is 13.2 Å². The topological polar surface area (TPSA) is 58.6 Å². The molecule has 3 rings (SSSR count). The fourth-order valence-electron chi connectivity index (χ4n) is 3.81. The van der Waals surface area contributed by atoms with E-state index in [2.05, 4.69) is 28.2 Å². The predicted octanol–water partition coefficient (Wildman–Crippen LogP) is 6.21. The Bertz CT molecular complexity index is 1140. The van der Waals surface area contributed by atoms with E-state index in [1.165, 1.54) is 5.56 Å². The lowest BCUT2D eigenvalue weighted by Gasteiger charge is -2.31. The Kier molecular flexibility index (Phi) is 10.8. The third kappa shape index (κ3) is 8.10. The number of carbonyl (C=O) groups is 2. The molecule has 7 heteroatoms. The van der Waals surface area contributed by atoms with Crippen LogP contribution in [0.3, 0.4) is 0 Å². The monoisotopic (exact) mass is 570 g/mol. The minimum Gasteiger partial charge on any atom is -0.483 e. The molecule has 190 valence electrons. The maximum absolute atomic E-state index is 13.6. The van der Waals surface area contributed by atoms with Gasteiger partial charge in [-0.15, -0.1) is 0 Å². The van der Waals surface area contributed by atoms with Crippen molar-refractivity contribution in [1.82, 2.24) is 10.2 Å². The van der Waals surface area contributed by atoms with Crippen LogP contribution < -0.4 is 10.1 Å². The van der Waals surface area contributed by atoms with E-state index in [0.29, 0.717) is 23.7 Å². The first-order valence-electron chi connectivity index (χ1n) is 12.2. The van der Waals surface area contributed by atoms with Gasteiger partial charge in [-0.3, -0.25) is 9.59 Å². The number of nitrogens with one attached hydrogen (secondary N) is 1. The highest BCUT2D eigenvalue weighted by Crippen LogP contribution is 2.26. The van der Waals surface area contributed by atoms with E-state index in [0.717, 1.165) is 28.4 Å². The molecule has 0 saturated heterocycles. The molecule has 0 spiro atoms. The zero-order chi connectivity index (χ0) is 25.9. The number of ether oxygens (including phenoxy) is 1. The molecule has 0 aliphatic carbocycles. The highest BCUT2D eigenvalue weighted by Gasteiger charge is 2.30. The summed E-state index contributed by atoms with van der Waals surface area (Å²) in [6, 6.07) is 22.2. The molecular formula is C29H32BrClN2O3. The summed E-state index contributed by atoms with van der Waals surface area (Å²) in [4.78, 5) is 28.5. The molecule has 0 aromatic heterocycles. The Morgan fingerprint density at radius 2 is 1.67 bits per heavy atom. The van der Waals surface area contributed by atoms with Crippen molar-refractivity contribution in [3.8, 4) is 5.75 Å². The van der Waals surface area contributed by atoms with Gasteiger partial charge in [0.25, 0.3) is 5.91 Å². The van der Waals surface area contributed by atoms with Crippen molar-refractivity contribution in [2.45, 2.75) is 45.7 Å². The first kappa shape index (κ1) is 27.8. The summed E-state index contributed by atoms with van der Waals surface area (Å²) in [6.07, 6.45) is 2.10. The molecule has 0 aliphatic heterocycles. The summed E-state index contributed by atoms with van der Waals surface area (Å²) < 4.78 is 6.70. The van der Waals surface area contributed by atoms with Crippen molar-refractivity contribution in [3.63, 3.8) is 0 Å². The maximum Gasteiger partial charge on any atom is 0.261 e. The van der Waals surface area contributed by atoms with Gasteiger partial charge in [0.05, 0.1) is 4.47 Å². The number of aryl methyl sites for hydroxylation is 1. The highest BCUT2D eigenvalue weighted by molar-refractivity contribution is 9.10. The average molecular weight is 572 g/mol. The van der Waals surface area contributed by atoms with Gasteiger partial charge in [0, 0.05) is 24.5 Å². The lowest BCUT2D eigenvalue weighted by molar-refractivity contribution is -0.142. The average Bonchev–Trinajstić information content (AvgIpc) is 2.90. The van der Waals surface area contributed by atoms with E-state index < -0.39 is 6.04 Å². The summed E-state index contributed by atoms with van der Waals surface area (Å²) in [7, 11) is 0. The van der Waals surface area contributed by atoms with Crippen LogP contribution in [0.15, 0.2) is 77.3 Å². The van der Waals surface area contributed by atoms with Crippen LogP contribution in [0.25, 0.3) is 0 Å². The fourth-order valence-corrected chi connectivity index (χ4v) is 4.48. The number of rotatable bonds is 12. The number of hydrogen-bond acceptors (Lipinski definition) is 3. The normalized spacial score (nSPS) is 11.6. The van der Waals surface area contributed by atoms with Crippen LogP contribution in [-0.4, -0.2) is 35.9 Å². The second-order valence-electron chi connectivity index (χ2n) is 8.55. The smallest absolute Gasteiger partial charge is 0.261 e. The van der Waals surface area contributed by atoms with Gasteiger partial charge in [0.1, 0.15) is 11.8 Å². The van der Waals surface area contributed by atoms with Crippen LogP contribution in [0.5, 0.6) is 5.75 Å². The Morgan fingerprint density at radius 3 is 2.31 bits per heavy atom. The number of halogens is 2. The summed E-state index contributed by atoms with van der Waals surface area (Å²) in [5, 5.41) is 3.59. The Morgan fingerprint density at radius 1 is 0.972 bits per heavy atom. The van der Waals surface area contributed by atoms with E-state index in [9.17, 15) is 9.59 Å². The first-order valence-corrected chi connectivity index (χ1v) is 13.3. The molecule has 36 heavy (non-hydrogen) atoms. The quantitative estimate of drug-likeness (QED) is 0.281. The number of benzene rings is 3. The van der Waals surface area contributed by atoms with E-state index in [1.807, 2.05) is 67.6 Å². The molecule has 3 aromatic carbocycles. The number of nitrogens with zero attached hydrogens (tertiary/aromatic N) is 1. The number of hydrogen-bond donors (Lipinski definition) is 1. The Labute approximate surface area is 226 Å². The van der Waals surface area contributed by atoms with E-state index in [1.54, 1.807) is 17.0 Å². The minimum atomic E-state index is -0.698. The predicted molar refractivity (Wildman–Crippen MR) is 148 cm³/mol. The van der Waals surface area contributed by atoms with Crippen molar-refractivity contribution in [3.05, 3.63) is 99.0 Å². The van der Waals surface area contributed by atoms with E-state index in [-0.39, 0.29) is 25.0 Å². The van der Waals surface area contributed by atoms with Gasteiger partial charge in [-0.25, -0.2) is 0 Å². The lowest BCUT2D eigenvalue weighted by atomic mass is 10.0. The molecule has 1 N–H and O–H groups in total. The zero-order valence-electron chi connectivity index (χ0n) is 20.7. The molecule has 3 aromatic rings. The molecular weight excluding hydrogens is 540 g/mol. The second kappa shape index (κ2) is 14.0. The van der Waals surface area contributed by atoms with Gasteiger partial charge in [-0.2, -0.15) is 0 Å². The summed E-state index contributed by atoms with van der Waals surface area (Å²) in [6.45, 7) is 4.69. The van der Waals surface area contributed by atoms with Crippen molar-refractivity contribution in [1.29, 1.82) is 0 Å². The third-order valence-corrected chi connectivity index (χ3v) is 6.71. The SMILES string of the molecule is CCCNC(=O)C(Cc1ccccc1)N(Cc1ccc(Cl)cc1)C(=O)COc1ccc(CC)cc1Br. The van der Waals surface area contributed by atoms with Crippen molar-refractivity contribution in [2.24, 2.45) is 0 Å². The highest BCUT2D eigenvalue weighted by atomic mass is 79.9. The molecule has 1 unspecified atom stereocenters. The van der Waals surface area contributed by atoms with E-state index in [4.69, 9.17) is 16.3 Å². The van der Waals surface area contributed by atoms with Crippen LogP contribution in [0.4, 0.5) is 0 Å². The lowest BCUT2D eigenvalue weighted by Crippen LogP contribution is -2.51. The fraction of sp³-hybridized carbons (Fsp3) is 0.310. The van der Waals surface area contributed by atoms with Gasteiger partial charge < -0.3 is 15.0 Å². The molecule has 0 radical (unpaired) electrons. The van der Waals surface area contributed by atoms with Crippen LogP contribution in [-0.2, 0) is 29.0 Å². The summed E-state index contributed by atoms with van der Waals surface area (Å²) in [5.74, 6) is 0.127. The number of carbonyl (C=O) groups excluding carboxylic acids is 2. The van der Waals surface area contributed by atoms with Gasteiger partial charge in [0.15, 0.2) is 6.61 Å². The molecule has 5 nitrogen and oxygen atoms in total. The third-order valence-electron chi connectivity index (χ3n) is 5.84. The van der Waals surface area contributed by atoms with Gasteiger partial charge in [-0.05, 0) is 69.7 Å². The minimum absolute atomic E-state index is 0.184. The molecule has 0 saturated carbocycles. The number of amides is 2. The van der Waals surface area contributed by atoms with Gasteiger partial charge in [-0.1, -0.05) is 74.0 Å². The zero-order valence-corrected chi connectivity index (χ0v) is 23.0. The Balaban J connectivity index is 1.88. The summed E-state index contributed by atoms with van der Waals surface area (Å²) >= 11 is 9.61. The molecule has 0 heterocycles. The van der Waals surface area contributed by atoms with Crippen molar-refractivity contribution >= 4 is 39.3 Å². The second-order valence-corrected chi connectivity index (χ2v) is 9.84. The van der Waals surface area contributed by atoms with Gasteiger partial charge >= 0.3 is 0 Å². The van der Waals surface area contributed by atoms with Gasteiger partial charge in [0.2, 0.25) is 5.91 Å². The maximum atomic E-state index is 13.6. The standard InChI is InChI=1S/C29H32BrClN2O3/c1-3-16-32-29(35)26(18-22-8-6-5-7-9-22)33(19-23-10-13-24(31)14-11-23)28(34)20-36-27-15-12-21(4-2)17-25(27)30/h5-15,17,26H,3-4,16,18-20H2,1-2H3,(H,32,35). The van der Waals surface area contributed by atoms with E-state index >= 15 is 0 Å². The molecule has 0 fully saturated rings. The first-order chi connectivity index (χ1) is 17.4. The van der Waals surface area contributed by atoms with Crippen LogP contribution in [0, 0.1) is 0 Å². The molecule has 0 bridgehead atoms. The van der Waals surface area contributed by atoms with Crippen molar-refractivity contribution < 1.29 is 14.3 Å². The Hall–Kier alpha value is -2.83.